The number of nitrogens with one attached hydrogen (secondary N) is 1. The third-order valence-corrected chi connectivity index (χ3v) is 5.06. The van der Waals surface area contributed by atoms with E-state index in [2.05, 4.69) is 56.6 Å². The first kappa shape index (κ1) is 16.9. The predicted octanol–water partition coefficient (Wildman–Crippen LogP) is 3.79. The van der Waals surface area contributed by atoms with E-state index in [1.165, 1.54) is 11.3 Å². The third-order valence-electron chi connectivity index (χ3n) is 3.63. The quantitative estimate of drug-likeness (QED) is 0.867. The summed E-state index contributed by atoms with van der Waals surface area (Å²) >= 11 is 5.24. The molecule has 1 saturated heterocycles. The summed E-state index contributed by atoms with van der Waals surface area (Å²) in [6.07, 6.45) is 0. The number of halogens is 2. The molecule has 0 radical (unpaired) electrons. The standard InChI is InChI=1S/C15H18BrN3S.ClH/c1-11-8-17-5-6-19(11)9-14-10-20-15(18-14)12-3-2-4-13(16)7-12;/h2-4,7,10-11,17H,5-6,8-9H2,1H3;1H/t11-;/m0./s1. The summed E-state index contributed by atoms with van der Waals surface area (Å²) in [5.74, 6) is 0. The molecule has 0 unspecified atom stereocenters. The Morgan fingerprint density at radius 1 is 1.48 bits per heavy atom. The number of hydrogen-bond donors (Lipinski definition) is 1. The highest BCUT2D eigenvalue weighted by molar-refractivity contribution is 9.10. The second kappa shape index (κ2) is 7.70. The van der Waals surface area contributed by atoms with Crippen LogP contribution in [0.15, 0.2) is 34.1 Å². The van der Waals surface area contributed by atoms with Gasteiger partial charge in [-0.15, -0.1) is 23.7 Å². The van der Waals surface area contributed by atoms with Crippen LogP contribution in [0.25, 0.3) is 10.6 Å². The number of rotatable bonds is 3. The van der Waals surface area contributed by atoms with Crippen molar-refractivity contribution in [3.8, 4) is 10.6 Å². The molecule has 114 valence electrons. The molecule has 2 heterocycles. The largest absolute Gasteiger partial charge is 0.314 e. The molecular weight excluding hydrogens is 370 g/mol. The van der Waals surface area contributed by atoms with Gasteiger partial charge in [0.1, 0.15) is 5.01 Å². The topological polar surface area (TPSA) is 28.2 Å². The van der Waals surface area contributed by atoms with Gasteiger partial charge in [0.05, 0.1) is 5.69 Å². The van der Waals surface area contributed by atoms with Gasteiger partial charge in [0.25, 0.3) is 0 Å². The van der Waals surface area contributed by atoms with Crippen molar-refractivity contribution < 1.29 is 0 Å². The first-order valence-corrected chi connectivity index (χ1v) is 8.55. The molecule has 3 nitrogen and oxygen atoms in total. The first-order valence-electron chi connectivity index (χ1n) is 6.87. The lowest BCUT2D eigenvalue weighted by Gasteiger charge is -2.33. The van der Waals surface area contributed by atoms with E-state index in [0.29, 0.717) is 6.04 Å². The van der Waals surface area contributed by atoms with Crippen molar-refractivity contribution in [3.63, 3.8) is 0 Å². The van der Waals surface area contributed by atoms with E-state index < -0.39 is 0 Å². The van der Waals surface area contributed by atoms with Crippen LogP contribution < -0.4 is 5.32 Å². The molecule has 1 aliphatic heterocycles. The highest BCUT2D eigenvalue weighted by Crippen LogP contribution is 2.26. The van der Waals surface area contributed by atoms with Gasteiger partial charge in [0, 0.05) is 47.6 Å². The van der Waals surface area contributed by atoms with Crippen LogP contribution in [0.2, 0.25) is 0 Å². The molecule has 0 spiro atoms. The highest BCUT2D eigenvalue weighted by Gasteiger charge is 2.18. The zero-order valence-corrected chi connectivity index (χ0v) is 15.1. The van der Waals surface area contributed by atoms with Crippen LogP contribution in [0.1, 0.15) is 12.6 Å². The van der Waals surface area contributed by atoms with Crippen molar-refractivity contribution in [2.24, 2.45) is 0 Å². The summed E-state index contributed by atoms with van der Waals surface area (Å²) in [5.41, 5.74) is 2.36. The molecule has 2 aromatic rings. The normalized spacial score (nSPS) is 19.2. The van der Waals surface area contributed by atoms with E-state index in [4.69, 9.17) is 4.98 Å². The molecule has 0 saturated carbocycles. The van der Waals surface area contributed by atoms with E-state index in [9.17, 15) is 0 Å². The molecule has 1 fully saturated rings. The van der Waals surface area contributed by atoms with Crippen molar-refractivity contribution in [3.05, 3.63) is 39.8 Å². The Morgan fingerprint density at radius 3 is 3.10 bits per heavy atom. The van der Waals surface area contributed by atoms with Gasteiger partial charge in [-0.3, -0.25) is 4.90 Å². The van der Waals surface area contributed by atoms with E-state index in [1.807, 2.05) is 6.07 Å². The molecule has 21 heavy (non-hydrogen) atoms. The van der Waals surface area contributed by atoms with Crippen LogP contribution in [0.3, 0.4) is 0 Å². The molecular formula is C15H19BrClN3S. The van der Waals surface area contributed by atoms with Crippen LogP contribution in [-0.2, 0) is 6.54 Å². The molecule has 0 bridgehead atoms. The monoisotopic (exact) mass is 387 g/mol. The van der Waals surface area contributed by atoms with Crippen LogP contribution in [0, 0.1) is 0 Å². The molecule has 1 aromatic carbocycles. The summed E-state index contributed by atoms with van der Waals surface area (Å²) in [6.45, 7) is 6.47. The first-order chi connectivity index (χ1) is 9.72. The number of hydrogen-bond acceptors (Lipinski definition) is 4. The Hall–Kier alpha value is -0.460. The summed E-state index contributed by atoms with van der Waals surface area (Å²) in [4.78, 5) is 7.28. The summed E-state index contributed by atoms with van der Waals surface area (Å²) in [6, 6.07) is 8.91. The predicted molar refractivity (Wildman–Crippen MR) is 95.2 cm³/mol. The smallest absolute Gasteiger partial charge is 0.123 e. The minimum Gasteiger partial charge on any atom is -0.314 e. The van der Waals surface area contributed by atoms with E-state index in [-0.39, 0.29) is 12.4 Å². The number of aromatic nitrogens is 1. The highest BCUT2D eigenvalue weighted by atomic mass is 79.9. The zero-order chi connectivity index (χ0) is 13.9. The Morgan fingerprint density at radius 2 is 2.33 bits per heavy atom. The fraction of sp³-hybridized carbons (Fsp3) is 0.400. The van der Waals surface area contributed by atoms with E-state index in [0.717, 1.165) is 35.7 Å². The van der Waals surface area contributed by atoms with Gasteiger partial charge >= 0.3 is 0 Å². The van der Waals surface area contributed by atoms with Crippen molar-refractivity contribution in [2.45, 2.75) is 19.5 Å². The van der Waals surface area contributed by atoms with Crippen molar-refractivity contribution in [1.82, 2.24) is 15.2 Å². The fourth-order valence-corrected chi connectivity index (χ4v) is 3.67. The summed E-state index contributed by atoms with van der Waals surface area (Å²) in [7, 11) is 0. The lowest BCUT2D eigenvalue weighted by Crippen LogP contribution is -2.49. The SMILES string of the molecule is C[C@H]1CNCCN1Cc1csc(-c2cccc(Br)c2)n1.Cl. The maximum Gasteiger partial charge on any atom is 0.123 e. The molecule has 3 rings (SSSR count). The average molecular weight is 389 g/mol. The van der Waals surface area contributed by atoms with Gasteiger partial charge in [-0.2, -0.15) is 0 Å². The van der Waals surface area contributed by atoms with Crippen molar-refractivity contribution in [1.29, 1.82) is 0 Å². The Kier molecular flexibility index (Phi) is 6.20. The maximum atomic E-state index is 4.79. The minimum atomic E-state index is 0. The molecule has 0 amide bonds. The number of nitrogens with zero attached hydrogens (tertiary/aromatic N) is 2. The molecule has 0 aliphatic carbocycles. The third kappa shape index (κ3) is 4.27. The van der Waals surface area contributed by atoms with Crippen molar-refractivity contribution in [2.75, 3.05) is 19.6 Å². The molecule has 1 N–H and O–H groups in total. The number of benzene rings is 1. The second-order valence-electron chi connectivity index (χ2n) is 5.18. The zero-order valence-electron chi connectivity index (χ0n) is 11.9. The van der Waals surface area contributed by atoms with Gasteiger partial charge in [-0.25, -0.2) is 4.98 Å². The second-order valence-corrected chi connectivity index (χ2v) is 6.95. The van der Waals surface area contributed by atoms with Gasteiger partial charge in [-0.1, -0.05) is 28.1 Å². The average Bonchev–Trinajstić information content (AvgIpc) is 2.90. The molecule has 1 aromatic heterocycles. The lowest BCUT2D eigenvalue weighted by molar-refractivity contribution is 0.164. The Balaban J connectivity index is 0.00000161. The summed E-state index contributed by atoms with van der Waals surface area (Å²) < 4.78 is 1.10. The Labute approximate surface area is 144 Å². The minimum absolute atomic E-state index is 0. The van der Waals surface area contributed by atoms with Crippen LogP contribution in [-0.4, -0.2) is 35.6 Å². The van der Waals surface area contributed by atoms with Gasteiger partial charge in [0.2, 0.25) is 0 Å². The Bertz CT molecular complexity index is 590. The number of piperazine rings is 1. The molecule has 1 aliphatic rings. The fourth-order valence-electron chi connectivity index (χ4n) is 2.46. The van der Waals surface area contributed by atoms with Crippen LogP contribution >= 0.6 is 39.7 Å². The lowest BCUT2D eigenvalue weighted by atomic mass is 10.2. The van der Waals surface area contributed by atoms with Crippen LogP contribution in [0.4, 0.5) is 0 Å². The van der Waals surface area contributed by atoms with Gasteiger partial charge in [0.15, 0.2) is 0 Å². The maximum absolute atomic E-state index is 4.79. The van der Waals surface area contributed by atoms with E-state index >= 15 is 0 Å². The van der Waals surface area contributed by atoms with E-state index in [1.54, 1.807) is 11.3 Å². The molecule has 6 heteroatoms. The van der Waals surface area contributed by atoms with Gasteiger partial charge < -0.3 is 5.32 Å². The van der Waals surface area contributed by atoms with Crippen molar-refractivity contribution >= 4 is 39.7 Å². The number of thiazole rings is 1. The van der Waals surface area contributed by atoms with Gasteiger partial charge in [-0.05, 0) is 19.1 Å². The summed E-state index contributed by atoms with van der Waals surface area (Å²) in [5, 5.41) is 6.71. The van der Waals surface area contributed by atoms with Crippen LogP contribution in [0.5, 0.6) is 0 Å². The molecule has 1 atom stereocenters.